The maximum Gasteiger partial charge on any atom is 2.00 e. The minimum absolute atomic E-state index is 0. The van der Waals surface area contributed by atoms with Crippen molar-refractivity contribution in [3.05, 3.63) is 16.5 Å². The van der Waals surface area contributed by atoms with Crippen LogP contribution in [0.4, 0.5) is 0 Å². The van der Waals surface area contributed by atoms with Gasteiger partial charge in [0.05, 0.1) is 5.56 Å². The summed E-state index contributed by atoms with van der Waals surface area (Å²) in [5.41, 5.74) is 0.275. The summed E-state index contributed by atoms with van der Waals surface area (Å²) in [6.07, 6.45) is 0. The summed E-state index contributed by atoms with van der Waals surface area (Å²) in [6, 6.07) is 1.58. The number of carbonyl (C=O) groups is 1. The zero-order valence-corrected chi connectivity index (χ0v) is 10.7. The Morgan fingerprint density at radius 3 is 2.62 bits per heavy atom. The Kier molecular flexibility index (Phi) is 3.09. The van der Waals surface area contributed by atoms with Crippen LogP contribution in [0.25, 0.3) is 0 Å². The van der Waals surface area contributed by atoms with E-state index in [1.54, 1.807) is 13.0 Å². The normalized spacial score (nSPS) is 17.5. The van der Waals surface area contributed by atoms with Crippen molar-refractivity contribution in [3.63, 3.8) is 0 Å². The minimum atomic E-state index is -3.51. The minimum Gasteiger partial charge on any atom is -0.268 e. The quantitative estimate of drug-likeness (QED) is 0.658. The third-order valence-electron chi connectivity index (χ3n) is 1.54. The molecule has 1 aliphatic heterocycles. The molecular weight excluding hydrogens is 238 g/mol. The van der Waals surface area contributed by atoms with Crippen molar-refractivity contribution in [3.8, 4) is 0 Å². The molecule has 2 rings (SSSR count). The Balaban J connectivity index is 0.000000845. The van der Waals surface area contributed by atoms with Crippen LogP contribution in [-0.4, -0.2) is 52.1 Å². The summed E-state index contributed by atoms with van der Waals surface area (Å²) < 4.78 is 24.4. The molecule has 1 aliphatic rings. The average Bonchev–Trinajstić information content (AvgIpc) is 2.37. The molecule has 1 aromatic heterocycles. The van der Waals surface area contributed by atoms with Crippen LogP contribution in [0.5, 0.6) is 0 Å². The van der Waals surface area contributed by atoms with E-state index in [0.717, 1.165) is 16.2 Å². The Hall–Kier alpha value is 0.380. The summed E-state index contributed by atoms with van der Waals surface area (Å²) >= 11 is 1.12. The maximum absolute atomic E-state index is 11.2. The van der Waals surface area contributed by atoms with E-state index in [1.807, 2.05) is 4.72 Å². The van der Waals surface area contributed by atoms with Crippen LogP contribution in [0.1, 0.15) is 15.2 Å². The van der Waals surface area contributed by atoms with Gasteiger partial charge >= 0.3 is 37.7 Å². The van der Waals surface area contributed by atoms with E-state index in [0.29, 0.717) is 0 Å². The second kappa shape index (κ2) is 3.51. The second-order valence-electron chi connectivity index (χ2n) is 2.49. The van der Waals surface area contributed by atoms with Crippen molar-refractivity contribution >= 4 is 65.0 Å². The molecule has 1 aromatic rings. The molecule has 0 unspecified atom stereocenters. The molecule has 0 saturated carbocycles. The van der Waals surface area contributed by atoms with Crippen LogP contribution in [0.3, 0.4) is 0 Å². The van der Waals surface area contributed by atoms with Gasteiger partial charge in [-0.3, -0.25) is 4.79 Å². The molecule has 7 heteroatoms. The SMILES string of the molecule is Cc1cc2c(s1)S(=O)(=O)NC2=O.[Ca+2]. The number of hydrogen-bond acceptors (Lipinski definition) is 4. The number of sulfonamides is 1. The molecule has 0 atom stereocenters. The van der Waals surface area contributed by atoms with Crippen LogP contribution in [0, 0.1) is 6.92 Å². The number of carbonyl (C=O) groups excluding carboxylic acids is 1. The average molecular weight is 243 g/mol. The first-order chi connectivity index (χ1) is 5.50. The Bertz CT molecular complexity index is 462. The number of amides is 1. The van der Waals surface area contributed by atoms with E-state index >= 15 is 0 Å². The van der Waals surface area contributed by atoms with Gasteiger partial charge < -0.3 is 0 Å². The fraction of sp³-hybridized carbons (Fsp3) is 0.167. The van der Waals surface area contributed by atoms with Crippen molar-refractivity contribution in [2.75, 3.05) is 0 Å². The molecule has 0 bridgehead atoms. The molecule has 0 spiro atoms. The van der Waals surface area contributed by atoms with Crippen molar-refractivity contribution in [2.45, 2.75) is 11.1 Å². The molecule has 0 aliphatic carbocycles. The molecule has 4 nitrogen and oxygen atoms in total. The van der Waals surface area contributed by atoms with Crippen LogP contribution >= 0.6 is 11.3 Å². The fourth-order valence-electron chi connectivity index (χ4n) is 1.07. The van der Waals surface area contributed by atoms with Crippen LogP contribution in [-0.2, 0) is 10.0 Å². The van der Waals surface area contributed by atoms with E-state index < -0.39 is 15.9 Å². The summed E-state index contributed by atoms with van der Waals surface area (Å²) in [5, 5.41) is 0. The monoisotopic (exact) mass is 243 g/mol. The van der Waals surface area contributed by atoms with Gasteiger partial charge in [0.1, 0.15) is 0 Å². The molecule has 1 amide bonds. The van der Waals surface area contributed by atoms with E-state index in [9.17, 15) is 13.2 Å². The molecule has 0 fully saturated rings. The number of fused-ring (bicyclic) bond motifs is 1. The first-order valence-electron chi connectivity index (χ1n) is 3.18. The van der Waals surface area contributed by atoms with Gasteiger partial charge in [-0.05, 0) is 13.0 Å². The topological polar surface area (TPSA) is 63.2 Å². The molecule has 0 saturated heterocycles. The van der Waals surface area contributed by atoms with Crippen molar-refractivity contribution in [2.24, 2.45) is 0 Å². The number of thiophene rings is 1. The number of nitrogens with one attached hydrogen (secondary N) is 1. The third-order valence-corrected chi connectivity index (χ3v) is 4.45. The van der Waals surface area contributed by atoms with E-state index in [1.165, 1.54) is 0 Å². The van der Waals surface area contributed by atoms with Crippen molar-refractivity contribution in [1.82, 2.24) is 4.72 Å². The number of rotatable bonds is 0. The second-order valence-corrected chi connectivity index (χ2v) is 5.63. The fourth-order valence-corrected chi connectivity index (χ4v) is 3.65. The molecule has 2 heterocycles. The molecule has 64 valence electrons. The Morgan fingerprint density at radius 2 is 2.08 bits per heavy atom. The predicted octanol–water partition coefficient (Wildman–Crippen LogP) is 0.108. The molecule has 1 N–H and O–H groups in total. The Labute approximate surface area is 109 Å². The third kappa shape index (κ3) is 1.78. The van der Waals surface area contributed by atoms with E-state index in [-0.39, 0.29) is 47.5 Å². The van der Waals surface area contributed by atoms with Gasteiger partial charge in [0.15, 0.2) is 4.21 Å². The maximum atomic E-state index is 11.2. The van der Waals surface area contributed by atoms with Gasteiger partial charge in [0, 0.05) is 4.88 Å². The summed E-state index contributed by atoms with van der Waals surface area (Å²) in [7, 11) is -3.51. The van der Waals surface area contributed by atoms with Gasteiger partial charge in [0.25, 0.3) is 15.9 Å². The molecular formula is C6H5CaNO3S2+2. The molecule has 13 heavy (non-hydrogen) atoms. The largest absolute Gasteiger partial charge is 2.00 e. The summed E-state index contributed by atoms with van der Waals surface area (Å²) in [4.78, 5) is 11.8. The number of aryl methyl sites for hydroxylation is 1. The van der Waals surface area contributed by atoms with Crippen LogP contribution in [0.2, 0.25) is 0 Å². The Morgan fingerprint density at radius 1 is 1.46 bits per heavy atom. The van der Waals surface area contributed by atoms with Gasteiger partial charge in [-0.2, -0.15) is 0 Å². The van der Waals surface area contributed by atoms with E-state index in [4.69, 9.17) is 0 Å². The van der Waals surface area contributed by atoms with E-state index in [2.05, 4.69) is 0 Å². The van der Waals surface area contributed by atoms with Crippen molar-refractivity contribution < 1.29 is 13.2 Å². The molecule has 0 radical (unpaired) electrons. The van der Waals surface area contributed by atoms with Gasteiger partial charge in [0.2, 0.25) is 0 Å². The van der Waals surface area contributed by atoms with Gasteiger partial charge in [-0.15, -0.1) is 11.3 Å². The standard InChI is InChI=1S/C6H5NO3S2.Ca/c1-3-2-4-5(8)7-12(9,10)6(4)11-3;/h2H,1H3,(H,7,8);/q;+2. The first kappa shape index (κ1) is 11.5. The smallest absolute Gasteiger partial charge is 0.268 e. The zero-order valence-electron chi connectivity index (χ0n) is 6.83. The van der Waals surface area contributed by atoms with Gasteiger partial charge in [-0.25, -0.2) is 13.1 Å². The van der Waals surface area contributed by atoms with Crippen LogP contribution < -0.4 is 4.72 Å². The van der Waals surface area contributed by atoms with Crippen LogP contribution in [0.15, 0.2) is 10.3 Å². The first-order valence-corrected chi connectivity index (χ1v) is 5.48. The predicted molar refractivity (Wildman–Crippen MR) is 49.5 cm³/mol. The zero-order chi connectivity index (χ0) is 8.93. The van der Waals surface area contributed by atoms with Crippen molar-refractivity contribution in [1.29, 1.82) is 0 Å². The summed E-state index contributed by atoms with van der Waals surface area (Å²) in [6.45, 7) is 1.77. The molecule has 0 aromatic carbocycles. The van der Waals surface area contributed by atoms with Gasteiger partial charge in [-0.1, -0.05) is 0 Å². The summed E-state index contributed by atoms with van der Waals surface area (Å²) in [5.74, 6) is -0.519. The number of hydrogen-bond donors (Lipinski definition) is 1.